The molecule has 0 heterocycles. The van der Waals surface area contributed by atoms with Gasteiger partial charge in [0.15, 0.2) is 0 Å². The van der Waals surface area contributed by atoms with E-state index in [0.717, 1.165) is 11.3 Å². The number of hydrogen-bond acceptors (Lipinski definition) is 6. The largest absolute Gasteiger partial charge is 0.497 e. The number of anilines is 1. The standard InChI is InChI=1S/C22H28BrClN4O3/c1-5-28(26-3)21(14(2)24)18-12-15(6-9-20(18)31-11-10-25)27-22(29)17-13-16(30-4)7-8-19(17)23/h6-9,12-13,26H,5,10-11,25H2,1-4H3,(H,27,29)/b21-14+. The summed E-state index contributed by atoms with van der Waals surface area (Å²) in [7, 11) is 3.37. The van der Waals surface area contributed by atoms with Crippen LogP contribution in [0, 0.1) is 0 Å². The molecule has 0 fully saturated rings. The van der Waals surface area contributed by atoms with E-state index in [9.17, 15) is 4.79 Å². The summed E-state index contributed by atoms with van der Waals surface area (Å²) in [6, 6.07) is 10.6. The number of benzene rings is 2. The van der Waals surface area contributed by atoms with Crippen LogP contribution in [0.3, 0.4) is 0 Å². The first-order valence-electron chi connectivity index (χ1n) is 9.79. The first-order chi connectivity index (χ1) is 14.9. The van der Waals surface area contributed by atoms with Gasteiger partial charge in [0.05, 0.1) is 18.4 Å². The summed E-state index contributed by atoms with van der Waals surface area (Å²) in [6.45, 7) is 5.21. The molecule has 1 amide bonds. The molecule has 0 atom stereocenters. The fourth-order valence-corrected chi connectivity index (χ4v) is 3.67. The number of nitrogens with two attached hydrogens (primary N) is 1. The maximum Gasteiger partial charge on any atom is 0.256 e. The quantitative estimate of drug-likeness (QED) is 0.409. The summed E-state index contributed by atoms with van der Waals surface area (Å²) in [4.78, 5) is 12.9. The second-order valence-electron chi connectivity index (χ2n) is 6.50. The Kier molecular flexibility index (Phi) is 9.64. The number of nitrogens with one attached hydrogen (secondary N) is 2. The molecule has 9 heteroatoms. The van der Waals surface area contributed by atoms with Gasteiger partial charge < -0.3 is 25.5 Å². The van der Waals surface area contributed by atoms with Crippen molar-refractivity contribution in [1.82, 2.24) is 10.4 Å². The molecule has 2 aromatic carbocycles. The topological polar surface area (TPSA) is 88.8 Å². The highest BCUT2D eigenvalue weighted by atomic mass is 79.9. The number of carbonyl (C=O) groups is 1. The molecule has 31 heavy (non-hydrogen) atoms. The molecule has 0 radical (unpaired) electrons. The SMILES string of the molecule is CCN(NC)/C(=C(\C)Cl)c1cc(NC(=O)c2cc(OC)ccc2Br)ccc1OCCN. The second kappa shape index (κ2) is 12.0. The Hall–Kier alpha value is -2.26. The molecule has 0 aliphatic rings. The number of amides is 1. The van der Waals surface area contributed by atoms with Gasteiger partial charge in [-0.2, -0.15) is 0 Å². The molecule has 0 aliphatic heterocycles. The molecule has 0 aromatic heterocycles. The van der Waals surface area contributed by atoms with Gasteiger partial charge in [0.1, 0.15) is 18.1 Å². The van der Waals surface area contributed by atoms with E-state index in [1.165, 1.54) is 0 Å². The minimum absolute atomic E-state index is 0.276. The van der Waals surface area contributed by atoms with Crippen LogP contribution in [0.4, 0.5) is 5.69 Å². The van der Waals surface area contributed by atoms with Crippen molar-refractivity contribution < 1.29 is 14.3 Å². The normalized spacial score (nSPS) is 11.6. The van der Waals surface area contributed by atoms with Gasteiger partial charge in [-0.05, 0) is 66.2 Å². The lowest BCUT2D eigenvalue weighted by molar-refractivity contribution is 0.102. The summed E-state index contributed by atoms with van der Waals surface area (Å²) in [5, 5.41) is 5.41. The third-order valence-electron chi connectivity index (χ3n) is 4.47. The number of nitrogens with zero attached hydrogens (tertiary/aromatic N) is 1. The van der Waals surface area contributed by atoms with E-state index < -0.39 is 0 Å². The molecule has 0 bridgehead atoms. The van der Waals surface area contributed by atoms with E-state index in [1.807, 2.05) is 32.0 Å². The van der Waals surface area contributed by atoms with Crippen LogP contribution in [-0.4, -0.2) is 44.8 Å². The van der Waals surface area contributed by atoms with Crippen LogP contribution in [0.1, 0.15) is 29.8 Å². The molecular weight excluding hydrogens is 484 g/mol. The maximum absolute atomic E-state index is 12.9. The average molecular weight is 512 g/mol. The average Bonchev–Trinajstić information content (AvgIpc) is 2.76. The number of hydrogen-bond donors (Lipinski definition) is 3. The highest BCUT2D eigenvalue weighted by Gasteiger charge is 2.19. The van der Waals surface area contributed by atoms with Gasteiger partial charge >= 0.3 is 0 Å². The van der Waals surface area contributed by atoms with E-state index in [4.69, 9.17) is 26.8 Å². The maximum atomic E-state index is 12.9. The zero-order valence-electron chi connectivity index (χ0n) is 18.1. The fourth-order valence-electron chi connectivity index (χ4n) is 3.04. The Bertz CT molecular complexity index is 944. The van der Waals surface area contributed by atoms with Crippen LogP contribution in [0.15, 0.2) is 45.9 Å². The van der Waals surface area contributed by atoms with Gasteiger partial charge in [-0.25, -0.2) is 5.43 Å². The van der Waals surface area contributed by atoms with Crippen molar-refractivity contribution in [2.75, 3.05) is 39.2 Å². The molecule has 0 spiro atoms. The first kappa shape index (κ1) is 25.0. The predicted octanol–water partition coefficient (Wildman–Crippen LogP) is 4.43. The molecule has 0 saturated carbocycles. The number of rotatable bonds is 10. The smallest absolute Gasteiger partial charge is 0.256 e. The van der Waals surface area contributed by atoms with Crippen LogP contribution in [0.2, 0.25) is 0 Å². The Morgan fingerprint density at radius 3 is 2.55 bits per heavy atom. The second-order valence-corrected chi connectivity index (χ2v) is 7.92. The van der Waals surface area contributed by atoms with Crippen LogP contribution in [-0.2, 0) is 0 Å². The Labute approximate surface area is 196 Å². The summed E-state index contributed by atoms with van der Waals surface area (Å²) < 4.78 is 11.7. The van der Waals surface area contributed by atoms with Crippen molar-refractivity contribution in [1.29, 1.82) is 0 Å². The summed E-state index contributed by atoms with van der Waals surface area (Å²) >= 11 is 9.88. The fraction of sp³-hybridized carbons (Fsp3) is 0.318. The Morgan fingerprint density at radius 2 is 1.97 bits per heavy atom. The van der Waals surface area contributed by atoms with Crippen LogP contribution in [0.5, 0.6) is 11.5 Å². The number of halogens is 2. The first-order valence-corrected chi connectivity index (χ1v) is 11.0. The zero-order chi connectivity index (χ0) is 23.0. The van der Waals surface area contributed by atoms with Crippen molar-refractivity contribution in [3.05, 3.63) is 57.0 Å². The molecule has 7 nitrogen and oxygen atoms in total. The van der Waals surface area contributed by atoms with Crippen molar-refractivity contribution in [3.8, 4) is 11.5 Å². The van der Waals surface area contributed by atoms with E-state index in [0.29, 0.717) is 52.0 Å². The molecule has 0 unspecified atom stereocenters. The van der Waals surface area contributed by atoms with E-state index in [2.05, 4.69) is 26.7 Å². The highest BCUT2D eigenvalue weighted by Crippen LogP contribution is 2.34. The number of allylic oxidation sites excluding steroid dienone is 1. The monoisotopic (exact) mass is 510 g/mol. The highest BCUT2D eigenvalue weighted by molar-refractivity contribution is 9.10. The zero-order valence-corrected chi connectivity index (χ0v) is 20.4. The molecule has 2 aromatic rings. The molecule has 0 saturated heterocycles. The van der Waals surface area contributed by atoms with E-state index >= 15 is 0 Å². The Morgan fingerprint density at radius 1 is 1.23 bits per heavy atom. The predicted molar refractivity (Wildman–Crippen MR) is 130 cm³/mol. The van der Waals surface area contributed by atoms with Gasteiger partial charge in [0, 0.05) is 40.9 Å². The van der Waals surface area contributed by atoms with Crippen molar-refractivity contribution >= 4 is 44.8 Å². The minimum Gasteiger partial charge on any atom is -0.497 e. The number of ether oxygens (including phenoxy) is 2. The van der Waals surface area contributed by atoms with Crippen molar-refractivity contribution in [2.45, 2.75) is 13.8 Å². The van der Waals surface area contributed by atoms with Crippen molar-refractivity contribution in [2.24, 2.45) is 5.73 Å². The molecule has 0 aliphatic carbocycles. The number of hydrazine groups is 1. The van der Waals surface area contributed by atoms with Gasteiger partial charge in [-0.3, -0.25) is 4.79 Å². The summed E-state index contributed by atoms with van der Waals surface area (Å²) in [5.41, 5.74) is 11.3. The minimum atomic E-state index is -0.276. The lowest BCUT2D eigenvalue weighted by atomic mass is 10.1. The van der Waals surface area contributed by atoms with Gasteiger partial charge in [0.25, 0.3) is 5.91 Å². The molecule has 4 N–H and O–H groups in total. The lowest BCUT2D eigenvalue weighted by Gasteiger charge is -2.27. The molecule has 2 rings (SSSR count). The summed E-state index contributed by atoms with van der Waals surface area (Å²) in [6.07, 6.45) is 0. The molecule has 168 valence electrons. The third kappa shape index (κ3) is 6.36. The van der Waals surface area contributed by atoms with Gasteiger partial charge in [-0.1, -0.05) is 11.6 Å². The van der Waals surface area contributed by atoms with Crippen LogP contribution in [0.25, 0.3) is 5.70 Å². The van der Waals surface area contributed by atoms with Crippen LogP contribution < -0.4 is 25.9 Å². The van der Waals surface area contributed by atoms with Crippen LogP contribution >= 0.6 is 27.5 Å². The van der Waals surface area contributed by atoms with Crippen molar-refractivity contribution in [3.63, 3.8) is 0 Å². The van der Waals surface area contributed by atoms with E-state index in [1.54, 1.807) is 37.4 Å². The Balaban J connectivity index is 2.47. The lowest BCUT2D eigenvalue weighted by Crippen LogP contribution is -2.33. The summed E-state index contributed by atoms with van der Waals surface area (Å²) in [5.74, 6) is 0.936. The van der Waals surface area contributed by atoms with E-state index in [-0.39, 0.29) is 5.91 Å². The third-order valence-corrected chi connectivity index (χ3v) is 5.34. The molecular formula is C22H28BrClN4O3. The number of carbonyl (C=O) groups excluding carboxylic acids is 1. The van der Waals surface area contributed by atoms with Gasteiger partial charge in [-0.15, -0.1) is 0 Å². The number of methoxy groups -OCH3 is 1. The van der Waals surface area contributed by atoms with Gasteiger partial charge in [0.2, 0.25) is 0 Å².